The predicted molar refractivity (Wildman–Crippen MR) is 68.6 cm³/mol. The Balaban J connectivity index is 3.04. The third-order valence-electron chi connectivity index (χ3n) is 2.60. The van der Waals surface area contributed by atoms with Crippen molar-refractivity contribution in [2.45, 2.75) is 6.92 Å². The summed E-state index contributed by atoms with van der Waals surface area (Å²) in [5, 5.41) is 9.38. The van der Waals surface area contributed by atoms with Gasteiger partial charge >= 0.3 is 5.97 Å². The van der Waals surface area contributed by atoms with Crippen molar-refractivity contribution < 1.29 is 9.90 Å². The molecule has 0 bridgehead atoms. The highest BCUT2D eigenvalue weighted by Crippen LogP contribution is 2.23. The van der Waals surface area contributed by atoms with E-state index in [0.717, 1.165) is 10.0 Å². The van der Waals surface area contributed by atoms with Crippen molar-refractivity contribution in [1.82, 2.24) is 4.57 Å². The summed E-state index contributed by atoms with van der Waals surface area (Å²) in [5.41, 5.74) is 0.946. The van der Waals surface area contributed by atoms with Gasteiger partial charge in [-0.15, -0.1) is 0 Å². The van der Waals surface area contributed by atoms with Crippen LogP contribution in [0.5, 0.6) is 0 Å². The van der Waals surface area contributed by atoms with Crippen LogP contribution >= 0.6 is 15.9 Å². The Kier molecular flexibility index (Phi) is 2.79. The molecule has 0 atom stereocenters. The molecule has 2 aromatic rings. The van der Waals surface area contributed by atoms with Gasteiger partial charge in [-0.1, -0.05) is 0 Å². The van der Waals surface area contributed by atoms with Crippen LogP contribution < -0.4 is 5.43 Å². The van der Waals surface area contributed by atoms with Crippen LogP contribution in [0, 0.1) is 6.92 Å². The van der Waals surface area contributed by atoms with Gasteiger partial charge in [-0.3, -0.25) is 4.79 Å². The average Bonchev–Trinajstić information content (AvgIpc) is 2.21. The second kappa shape index (κ2) is 4.00. The fraction of sp³-hybridized carbons (Fsp3) is 0.167. The van der Waals surface area contributed by atoms with E-state index in [1.165, 1.54) is 6.20 Å². The number of hydrogen-bond donors (Lipinski definition) is 1. The molecule has 1 aromatic carbocycles. The normalized spacial score (nSPS) is 10.8. The van der Waals surface area contributed by atoms with E-state index in [9.17, 15) is 9.59 Å². The highest BCUT2D eigenvalue weighted by Gasteiger charge is 2.14. The molecule has 88 valence electrons. The molecule has 0 fully saturated rings. The third kappa shape index (κ3) is 1.86. The molecule has 0 spiro atoms. The van der Waals surface area contributed by atoms with Gasteiger partial charge in [0.05, 0.1) is 5.52 Å². The van der Waals surface area contributed by atoms with Gasteiger partial charge in [-0.25, -0.2) is 4.79 Å². The van der Waals surface area contributed by atoms with Crippen LogP contribution in [0.4, 0.5) is 0 Å². The number of aromatic carboxylic acids is 1. The molecule has 0 aliphatic rings. The third-order valence-corrected chi connectivity index (χ3v) is 3.21. The van der Waals surface area contributed by atoms with Gasteiger partial charge < -0.3 is 9.67 Å². The molecule has 2 rings (SSSR count). The predicted octanol–water partition coefficient (Wildman–Crippen LogP) is 2.31. The number of carbonyl (C=O) groups is 1. The molecule has 0 saturated heterocycles. The molecule has 5 heteroatoms. The van der Waals surface area contributed by atoms with Crippen LogP contribution in [0.2, 0.25) is 0 Å². The Morgan fingerprint density at radius 3 is 2.65 bits per heavy atom. The summed E-state index contributed by atoms with van der Waals surface area (Å²) in [7, 11) is 1.72. The van der Waals surface area contributed by atoms with Crippen LogP contribution in [0.3, 0.4) is 0 Å². The van der Waals surface area contributed by atoms with Gasteiger partial charge in [-0.05, 0) is 40.5 Å². The number of carboxylic acids is 1. The second-order valence-electron chi connectivity index (χ2n) is 3.93. The zero-order valence-electron chi connectivity index (χ0n) is 9.32. The average molecular weight is 296 g/mol. The molecule has 0 aliphatic heterocycles. The van der Waals surface area contributed by atoms with Crippen molar-refractivity contribution in [2.24, 2.45) is 7.05 Å². The minimum atomic E-state index is -1.20. The van der Waals surface area contributed by atoms with Crippen LogP contribution in [-0.2, 0) is 7.05 Å². The number of pyridine rings is 1. The Bertz CT molecular complexity index is 688. The fourth-order valence-corrected chi connectivity index (χ4v) is 2.73. The van der Waals surface area contributed by atoms with Gasteiger partial charge in [-0.2, -0.15) is 0 Å². The summed E-state index contributed by atoms with van der Waals surface area (Å²) in [6, 6.07) is 3.59. The number of aryl methyl sites for hydroxylation is 2. The number of halogens is 1. The van der Waals surface area contributed by atoms with Crippen LogP contribution in [0.1, 0.15) is 15.9 Å². The molecular weight excluding hydrogens is 286 g/mol. The topological polar surface area (TPSA) is 59.3 Å². The minimum Gasteiger partial charge on any atom is -0.477 e. The van der Waals surface area contributed by atoms with Crippen molar-refractivity contribution in [3.63, 3.8) is 0 Å². The highest BCUT2D eigenvalue weighted by molar-refractivity contribution is 9.10. The molecule has 0 amide bonds. The Morgan fingerprint density at radius 1 is 1.41 bits per heavy atom. The quantitative estimate of drug-likeness (QED) is 0.878. The minimum absolute atomic E-state index is 0.211. The summed E-state index contributed by atoms with van der Waals surface area (Å²) in [6.07, 6.45) is 1.34. The number of nitrogens with zero attached hydrogens (tertiary/aromatic N) is 1. The fourth-order valence-electron chi connectivity index (χ4n) is 1.88. The molecule has 17 heavy (non-hydrogen) atoms. The summed E-state index contributed by atoms with van der Waals surface area (Å²) in [5.74, 6) is -1.20. The maximum Gasteiger partial charge on any atom is 0.341 e. The van der Waals surface area contributed by atoms with Crippen molar-refractivity contribution in [1.29, 1.82) is 0 Å². The molecule has 1 N–H and O–H groups in total. The monoisotopic (exact) mass is 295 g/mol. The van der Waals surface area contributed by atoms with Crippen LogP contribution in [0.15, 0.2) is 27.6 Å². The Morgan fingerprint density at radius 2 is 2.06 bits per heavy atom. The van der Waals surface area contributed by atoms with Crippen molar-refractivity contribution in [3.8, 4) is 0 Å². The Hall–Kier alpha value is -1.62. The van der Waals surface area contributed by atoms with E-state index < -0.39 is 11.4 Å². The van der Waals surface area contributed by atoms with Gasteiger partial charge in [0.2, 0.25) is 5.43 Å². The molecule has 0 unspecified atom stereocenters. The molecular formula is C12H10BrNO3. The van der Waals surface area contributed by atoms with Crippen LogP contribution in [0.25, 0.3) is 10.9 Å². The maximum atomic E-state index is 12.0. The first kappa shape index (κ1) is 11.9. The number of hydrogen-bond acceptors (Lipinski definition) is 2. The second-order valence-corrected chi connectivity index (χ2v) is 4.79. The lowest BCUT2D eigenvalue weighted by molar-refractivity contribution is 0.0695. The first-order valence-electron chi connectivity index (χ1n) is 4.94. The van der Waals surface area contributed by atoms with Crippen LogP contribution in [-0.4, -0.2) is 15.6 Å². The molecule has 0 saturated carbocycles. The lowest BCUT2D eigenvalue weighted by Crippen LogP contribution is -2.18. The standard InChI is InChI=1S/C12H10BrNO3/c1-6-3-7-10(9(13)4-6)14(2)5-8(11(7)15)12(16)17/h3-5H,1-2H3,(H,16,17). The molecule has 1 aromatic heterocycles. The smallest absolute Gasteiger partial charge is 0.341 e. The van der Waals surface area contributed by atoms with E-state index in [1.54, 1.807) is 17.7 Å². The SMILES string of the molecule is Cc1cc(Br)c2c(c1)c(=O)c(C(=O)O)cn2C. The zero-order chi connectivity index (χ0) is 12.7. The van der Waals surface area contributed by atoms with E-state index in [1.807, 2.05) is 13.0 Å². The van der Waals surface area contributed by atoms with E-state index in [2.05, 4.69) is 15.9 Å². The first-order chi connectivity index (χ1) is 7.91. The Labute approximate surface area is 106 Å². The van der Waals surface area contributed by atoms with Gasteiger partial charge in [0.1, 0.15) is 5.56 Å². The van der Waals surface area contributed by atoms with Gasteiger partial charge in [0.15, 0.2) is 0 Å². The van der Waals surface area contributed by atoms with Gasteiger partial charge in [0, 0.05) is 23.1 Å². The summed E-state index contributed by atoms with van der Waals surface area (Å²) in [4.78, 5) is 23.0. The van der Waals surface area contributed by atoms with Crippen molar-refractivity contribution in [3.05, 3.63) is 44.2 Å². The number of aromatic nitrogens is 1. The van der Waals surface area contributed by atoms with E-state index in [-0.39, 0.29) is 5.56 Å². The lowest BCUT2D eigenvalue weighted by Gasteiger charge is -2.09. The molecule has 4 nitrogen and oxygen atoms in total. The highest BCUT2D eigenvalue weighted by atomic mass is 79.9. The summed E-state index contributed by atoms with van der Waals surface area (Å²) in [6.45, 7) is 1.86. The number of carboxylic acid groups (broad SMARTS) is 1. The molecule has 0 aliphatic carbocycles. The van der Waals surface area contributed by atoms with E-state index in [0.29, 0.717) is 10.9 Å². The molecule has 1 heterocycles. The van der Waals surface area contributed by atoms with E-state index in [4.69, 9.17) is 5.11 Å². The van der Waals surface area contributed by atoms with Crippen molar-refractivity contribution in [2.75, 3.05) is 0 Å². The lowest BCUT2D eigenvalue weighted by atomic mass is 10.1. The summed E-state index contributed by atoms with van der Waals surface area (Å²) >= 11 is 3.39. The van der Waals surface area contributed by atoms with Gasteiger partial charge in [0.25, 0.3) is 0 Å². The largest absolute Gasteiger partial charge is 0.477 e. The number of fused-ring (bicyclic) bond motifs is 1. The number of rotatable bonds is 1. The van der Waals surface area contributed by atoms with Crippen molar-refractivity contribution >= 4 is 32.8 Å². The van der Waals surface area contributed by atoms with E-state index >= 15 is 0 Å². The number of benzene rings is 1. The first-order valence-corrected chi connectivity index (χ1v) is 5.74. The zero-order valence-corrected chi connectivity index (χ0v) is 10.9. The molecule has 0 radical (unpaired) electrons. The maximum absolute atomic E-state index is 12.0. The summed E-state index contributed by atoms with van der Waals surface area (Å²) < 4.78 is 2.42.